The number of benzene rings is 1. The first-order valence-electron chi connectivity index (χ1n) is 5.82. The van der Waals surface area contributed by atoms with E-state index >= 15 is 0 Å². The number of hydrogen-bond acceptors (Lipinski definition) is 1. The van der Waals surface area contributed by atoms with Gasteiger partial charge in [0.2, 0.25) is 0 Å². The average Bonchev–Trinajstić information content (AvgIpc) is 2.25. The normalized spacial score (nSPS) is 14.9. The van der Waals surface area contributed by atoms with Gasteiger partial charge in [0.05, 0.1) is 7.11 Å². The molecule has 0 aromatic heterocycles. The van der Waals surface area contributed by atoms with Gasteiger partial charge in [0.25, 0.3) is 0 Å². The Balaban J connectivity index is 2.85. The maximum absolute atomic E-state index is 6.24. The zero-order valence-electron chi connectivity index (χ0n) is 10.5. The van der Waals surface area contributed by atoms with Crippen LogP contribution in [0.5, 0.6) is 5.75 Å². The predicted octanol–water partition coefficient (Wildman–Crippen LogP) is 4.14. The number of ether oxygens (including phenoxy) is 1. The summed E-state index contributed by atoms with van der Waals surface area (Å²) in [5.41, 5.74) is 1.25. The number of methoxy groups -OCH3 is 1. The van der Waals surface area contributed by atoms with Gasteiger partial charge in [-0.2, -0.15) is 0 Å². The van der Waals surface area contributed by atoms with Crippen molar-refractivity contribution in [1.29, 1.82) is 0 Å². The Morgan fingerprint density at radius 3 is 2.31 bits per heavy atom. The van der Waals surface area contributed by atoms with E-state index in [0.29, 0.717) is 11.8 Å². The van der Waals surface area contributed by atoms with Crippen LogP contribution in [0.3, 0.4) is 0 Å². The largest absolute Gasteiger partial charge is 0.496 e. The minimum absolute atomic E-state index is 0.185. The van der Waals surface area contributed by atoms with Crippen molar-refractivity contribution >= 4 is 11.6 Å². The molecular formula is C14H21ClO. The Labute approximate surface area is 104 Å². The standard InChI is InChI=1S/C14H21ClO/c1-10(2)13(11(3)15)9-12-7-5-6-8-14(12)16-4/h5-8,10-11,13H,9H2,1-4H3. The highest BCUT2D eigenvalue weighted by Gasteiger charge is 2.20. The molecule has 0 aliphatic rings. The van der Waals surface area contributed by atoms with Gasteiger partial charge in [-0.25, -0.2) is 0 Å². The van der Waals surface area contributed by atoms with Crippen LogP contribution in [0.15, 0.2) is 24.3 Å². The van der Waals surface area contributed by atoms with Crippen LogP contribution in [0.4, 0.5) is 0 Å². The van der Waals surface area contributed by atoms with Crippen molar-refractivity contribution in [3.63, 3.8) is 0 Å². The van der Waals surface area contributed by atoms with Crippen molar-refractivity contribution in [3.05, 3.63) is 29.8 Å². The van der Waals surface area contributed by atoms with Crippen LogP contribution < -0.4 is 4.74 Å². The van der Waals surface area contributed by atoms with E-state index in [1.165, 1.54) is 5.56 Å². The highest BCUT2D eigenvalue weighted by atomic mass is 35.5. The second kappa shape index (κ2) is 6.15. The van der Waals surface area contributed by atoms with Gasteiger partial charge in [0.1, 0.15) is 5.75 Å². The Hall–Kier alpha value is -0.690. The second-order valence-corrected chi connectivity index (χ2v) is 5.29. The van der Waals surface area contributed by atoms with E-state index < -0.39 is 0 Å². The lowest BCUT2D eigenvalue weighted by molar-refractivity contribution is 0.362. The van der Waals surface area contributed by atoms with E-state index in [1.54, 1.807) is 7.11 Å². The van der Waals surface area contributed by atoms with Gasteiger partial charge in [0.15, 0.2) is 0 Å². The molecule has 0 heterocycles. The summed E-state index contributed by atoms with van der Waals surface area (Å²) in [5.74, 6) is 2.03. The summed E-state index contributed by atoms with van der Waals surface area (Å²) in [4.78, 5) is 0. The lowest BCUT2D eigenvalue weighted by Crippen LogP contribution is -2.20. The number of halogens is 1. The molecule has 0 N–H and O–H groups in total. The zero-order valence-corrected chi connectivity index (χ0v) is 11.3. The Morgan fingerprint density at radius 1 is 1.19 bits per heavy atom. The van der Waals surface area contributed by atoms with E-state index in [4.69, 9.17) is 16.3 Å². The van der Waals surface area contributed by atoms with Crippen molar-refractivity contribution in [2.75, 3.05) is 7.11 Å². The van der Waals surface area contributed by atoms with E-state index in [-0.39, 0.29) is 5.38 Å². The predicted molar refractivity (Wildman–Crippen MR) is 70.3 cm³/mol. The Bertz CT molecular complexity index is 312. The van der Waals surface area contributed by atoms with Gasteiger partial charge in [-0.15, -0.1) is 11.6 Å². The molecule has 0 spiro atoms. The highest BCUT2D eigenvalue weighted by Crippen LogP contribution is 2.28. The molecule has 1 nitrogen and oxygen atoms in total. The first-order chi connectivity index (χ1) is 7.56. The third-order valence-electron chi connectivity index (χ3n) is 3.09. The summed E-state index contributed by atoms with van der Waals surface area (Å²) < 4.78 is 5.36. The van der Waals surface area contributed by atoms with Crippen LogP contribution in [0, 0.1) is 11.8 Å². The molecule has 0 saturated carbocycles. The molecule has 2 atom stereocenters. The maximum atomic E-state index is 6.24. The molecule has 90 valence electrons. The van der Waals surface area contributed by atoms with Gasteiger partial charge in [-0.1, -0.05) is 32.0 Å². The van der Waals surface area contributed by atoms with Crippen molar-refractivity contribution < 1.29 is 4.74 Å². The molecule has 2 heteroatoms. The molecule has 16 heavy (non-hydrogen) atoms. The van der Waals surface area contributed by atoms with Crippen LogP contribution in [-0.2, 0) is 6.42 Å². The van der Waals surface area contributed by atoms with Crippen LogP contribution >= 0.6 is 11.6 Å². The molecule has 1 aromatic rings. The molecule has 0 aliphatic heterocycles. The van der Waals surface area contributed by atoms with E-state index in [1.807, 2.05) is 18.2 Å². The number of para-hydroxylation sites is 1. The highest BCUT2D eigenvalue weighted by molar-refractivity contribution is 6.20. The monoisotopic (exact) mass is 240 g/mol. The van der Waals surface area contributed by atoms with Crippen LogP contribution in [-0.4, -0.2) is 12.5 Å². The second-order valence-electron chi connectivity index (χ2n) is 4.60. The topological polar surface area (TPSA) is 9.23 Å². The fourth-order valence-electron chi connectivity index (χ4n) is 2.05. The fraction of sp³-hybridized carbons (Fsp3) is 0.571. The summed E-state index contributed by atoms with van der Waals surface area (Å²) in [6, 6.07) is 8.17. The molecule has 1 aromatic carbocycles. The molecule has 0 amide bonds. The van der Waals surface area contributed by atoms with Crippen LogP contribution in [0.1, 0.15) is 26.3 Å². The lowest BCUT2D eigenvalue weighted by atomic mass is 9.86. The summed E-state index contributed by atoms with van der Waals surface area (Å²) in [6.07, 6.45) is 0.979. The maximum Gasteiger partial charge on any atom is 0.122 e. The fourth-order valence-corrected chi connectivity index (χ4v) is 2.43. The first kappa shape index (κ1) is 13.4. The first-order valence-corrected chi connectivity index (χ1v) is 6.25. The molecule has 0 saturated heterocycles. The minimum atomic E-state index is 0.185. The zero-order chi connectivity index (χ0) is 12.1. The molecule has 2 unspecified atom stereocenters. The van der Waals surface area contributed by atoms with Gasteiger partial charge in [-0.3, -0.25) is 0 Å². The molecule has 0 radical (unpaired) electrons. The molecular weight excluding hydrogens is 220 g/mol. The van der Waals surface area contributed by atoms with Crippen molar-refractivity contribution in [1.82, 2.24) is 0 Å². The third kappa shape index (κ3) is 3.41. The van der Waals surface area contributed by atoms with Crippen molar-refractivity contribution in [2.24, 2.45) is 11.8 Å². The van der Waals surface area contributed by atoms with Crippen LogP contribution in [0.2, 0.25) is 0 Å². The molecule has 1 rings (SSSR count). The third-order valence-corrected chi connectivity index (χ3v) is 3.42. The van der Waals surface area contributed by atoms with Gasteiger partial charge in [0, 0.05) is 5.38 Å². The summed E-state index contributed by atoms with van der Waals surface area (Å²) in [5, 5.41) is 0.185. The van der Waals surface area contributed by atoms with Crippen molar-refractivity contribution in [2.45, 2.75) is 32.6 Å². The quantitative estimate of drug-likeness (QED) is 0.703. The lowest BCUT2D eigenvalue weighted by Gasteiger charge is -2.24. The van der Waals surface area contributed by atoms with E-state index in [0.717, 1.165) is 12.2 Å². The SMILES string of the molecule is COc1ccccc1CC(C(C)C)C(C)Cl. The number of hydrogen-bond donors (Lipinski definition) is 0. The minimum Gasteiger partial charge on any atom is -0.496 e. The van der Waals surface area contributed by atoms with E-state index in [2.05, 4.69) is 26.8 Å². The Kier molecular flexibility index (Phi) is 5.14. The molecule has 0 fully saturated rings. The summed E-state index contributed by atoms with van der Waals surface area (Å²) in [7, 11) is 1.72. The van der Waals surface area contributed by atoms with Gasteiger partial charge >= 0.3 is 0 Å². The van der Waals surface area contributed by atoms with Gasteiger partial charge < -0.3 is 4.74 Å². The van der Waals surface area contributed by atoms with E-state index in [9.17, 15) is 0 Å². The molecule has 0 aliphatic carbocycles. The Morgan fingerprint density at radius 2 is 1.81 bits per heavy atom. The summed E-state index contributed by atoms with van der Waals surface area (Å²) >= 11 is 6.24. The van der Waals surface area contributed by atoms with Crippen LogP contribution in [0.25, 0.3) is 0 Å². The van der Waals surface area contributed by atoms with Crippen molar-refractivity contribution in [3.8, 4) is 5.75 Å². The summed E-state index contributed by atoms with van der Waals surface area (Å²) in [6.45, 7) is 6.51. The average molecular weight is 241 g/mol. The number of rotatable bonds is 5. The smallest absolute Gasteiger partial charge is 0.122 e. The van der Waals surface area contributed by atoms with Gasteiger partial charge in [-0.05, 0) is 36.8 Å². The number of alkyl halides is 1. The molecule has 0 bridgehead atoms.